The summed E-state index contributed by atoms with van der Waals surface area (Å²) in [5.74, 6) is -2.03. The van der Waals surface area contributed by atoms with Crippen LogP contribution >= 0.6 is 11.3 Å². The van der Waals surface area contributed by atoms with Gasteiger partial charge in [-0.1, -0.05) is 51.1 Å². The molecule has 4 atom stereocenters. The van der Waals surface area contributed by atoms with Gasteiger partial charge in [-0.3, -0.25) is 24.0 Å². The molecule has 0 aliphatic carbocycles. The molecule has 18 nitrogen and oxygen atoms in total. The number of aryl methyl sites for hydroxylation is 1. The van der Waals surface area contributed by atoms with Gasteiger partial charge < -0.3 is 41.1 Å². The highest BCUT2D eigenvalue weighted by Crippen LogP contribution is 2.37. The molecular formula is C53H60F2N12O6S. The van der Waals surface area contributed by atoms with Crippen LogP contribution in [0, 0.1) is 24.0 Å². The lowest BCUT2D eigenvalue weighted by molar-refractivity contribution is -0.144. The summed E-state index contributed by atoms with van der Waals surface area (Å²) < 4.78 is 30.4. The Hall–Kier alpha value is -7.39. The molecule has 5 amide bonds. The normalized spacial score (nSPS) is 18.6. The van der Waals surface area contributed by atoms with Crippen LogP contribution in [0.5, 0.6) is 0 Å². The minimum Gasteiger partial charge on any atom is -0.391 e. The highest BCUT2D eigenvalue weighted by atomic mass is 32.1. The van der Waals surface area contributed by atoms with Gasteiger partial charge in [-0.15, -0.1) is 11.3 Å². The van der Waals surface area contributed by atoms with E-state index in [1.54, 1.807) is 52.2 Å². The number of likely N-dealkylation sites (tertiary alicyclic amines) is 2. The number of fused-ring (bicyclic) bond motifs is 1. The predicted octanol–water partition coefficient (Wildman–Crippen LogP) is 6.42. The van der Waals surface area contributed by atoms with E-state index in [0.29, 0.717) is 61.9 Å². The third-order valence-electron chi connectivity index (χ3n) is 13.9. The van der Waals surface area contributed by atoms with Crippen LogP contribution in [0.25, 0.3) is 16.1 Å². The van der Waals surface area contributed by atoms with E-state index in [2.05, 4.69) is 36.3 Å². The molecule has 3 aliphatic heterocycles. The number of β-amino-alcohol motifs (C(OH)–C–C–N with tert-alkyl or cyclic N) is 1. The van der Waals surface area contributed by atoms with E-state index in [1.165, 1.54) is 21.7 Å². The summed E-state index contributed by atoms with van der Waals surface area (Å²) in [6.07, 6.45) is 4.69. The first-order valence-electron chi connectivity index (χ1n) is 24.9. The summed E-state index contributed by atoms with van der Waals surface area (Å²) in [5.41, 5.74) is 5.02. The zero-order chi connectivity index (χ0) is 52.3. The molecule has 5 N–H and O–H groups in total. The summed E-state index contributed by atoms with van der Waals surface area (Å²) in [6, 6.07) is 15.7. The number of amides is 5. The Morgan fingerprint density at radius 3 is 2.46 bits per heavy atom. The standard InChI is InChI=1S/C53H60F2N12O6S/c1-31-47(74-30-57-31)33-12-10-32(11-13-33)27-56-51(72)42-26-36(68)29-66(42)52(73)48(53(2,3)4)63-45(69)16-17-46(70)64-22-18-35(19-23-64)59-43-9-5-7-39(60-43)50(71)61-40-28-58-67-24-20-44(62-49(40)67)65-21-6-8-41(65)37-25-34(54)14-15-38(37)55/h5,7,9-15,20,24-25,28,30,35-36,41-42,48,68H,6,8,16-19,21-23,26-27,29H2,1-4H3,(H,56,72)(H,59,60)(H,61,71)(H,63,69)/t36-,41-,42+,48-/m1/s1. The van der Waals surface area contributed by atoms with Crippen molar-refractivity contribution < 1.29 is 37.9 Å². The topological polar surface area (TPSA) is 219 Å². The van der Waals surface area contributed by atoms with Crippen LogP contribution in [0.3, 0.4) is 0 Å². The number of hydrogen-bond donors (Lipinski definition) is 5. The molecule has 2 aromatic carbocycles. The van der Waals surface area contributed by atoms with E-state index < -0.39 is 64.9 Å². The van der Waals surface area contributed by atoms with Crippen molar-refractivity contribution in [1.82, 2.24) is 45.0 Å². The second-order valence-electron chi connectivity index (χ2n) is 20.2. The summed E-state index contributed by atoms with van der Waals surface area (Å²) in [5, 5.41) is 27.0. The first kappa shape index (κ1) is 51.5. The van der Waals surface area contributed by atoms with Gasteiger partial charge >= 0.3 is 0 Å². The van der Waals surface area contributed by atoms with Gasteiger partial charge in [0.15, 0.2) is 5.65 Å². The number of thiazole rings is 1. The Kier molecular flexibility index (Phi) is 15.3. The number of carbonyl (C=O) groups excluding carboxylic acids is 5. The van der Waals surface area contributed by atoms with Crippen molar-refractivity contribution in [3.63, 3.8) is 0 Å². The van der Waals surface area contributed by atoms with Gasteiger partial charge in [-0.05, 0) is 85.5 Å². The number of nitrogens with zero attached hydrogens (tertiary/aromatic N) is 8. The number of rotatable bonds is 15. The largest absolute Gasteiger partial charge is 0.391 e. The van der Waals surface area contributed by atoms with Gasteiger partial charge in [0.2, 0.25) is 23.6 Å². The molecule has 3 saturated heterocycles. The van der Waals surface area contributed by atoms with Crippen LogP contribution < -0.4 is 26.2 Å². The quantitative estimate of drug-likeness (QED) is 0.0753. The Morgan fingerprint density at radius 1 is 0.932 bits per heavy atom. The Balaban J connectivity index is 0.737. The number of aromatic nitrogens is 5. The molecule has 4 aromatic heterocycles. The van der Waals surface area contributed by atoms with Crippen molar-refractivity contribution in [1.29, 1.82) is 0 Å². The fourth-order valence-corrected chi connectivity index (χ4v) is 10.8. The second-order valence-corrected chi connectivity index (χ2v) is 21.1. The number of carbonyl (C=O) groups is 5. The molecule has 388 valence electrons. The maximum Gasteiger partial charge on any atom is 0.274 e. The zero-order valence-electron chi connectivity index (χ0n) is 41.7. The molecule has 0 unspecified atom stereocenters. The van der Waals surface area contributed by atoms with Gasteiger partial charge in [0.25, 0.3) is 5.91 Å². The molecule has 0 bridgehead atoms. The predicted molar refractivity (Wildman–Crippen MR) is 275 cm³/mol. The number of aliphatic hydroxyl groups excluding tert-OH is 1. The van der Waals surface area contributed by atoms with Crippen molar-refractivity contribution in [2.45, 2.75) is 109 Å². The minimum absolute atomic E-state index is 0.0512. The Labute approximate surface area is 431 Å². The summed E-state index contributed by atoms with van der Waals surface area (Å²) >= 11 is 1.56. The van der Waals surface area contributed by atoms with E-state index in [0.717, 1.165) is 40.3 Å². The van der Waals surface area contributed by atoms with Gasteiger partial charge in [0, 0.05) is 69.8 Å². The van der Waals surface area contributed by atoms with E-state index in [1.807, 2.05) is 56.9 Å². The van der Waals surface area contributed by atoms with Crippen molar-refractivity contribution in [3.8, 4) is 10.4 Å². The fraction of sp³-hybridized carbons (Fsp3) is 0.415. The van der Waals surface area contributed by atoms with Gasteiger partial charge in [0.1, 0.15) is 46.7 Å². The van der Waals surface area contributed by atoms with Crippen LogP contribution in [0.4, 0.5) is 26.1 Å². The maximum atomic E-state index is 14.8. The average molecular weight is 1030 g/mol. The monoisotopic (exact) mass is 1030 g/mol. The number of anilines is 3. The number of nitrogens with one attached hydrogen (secondary N) is 4. The van der Waals surface area contributed by atoms with Crippen molar-refractivity contribution in [2.75, 3.05) is 41.7 Å². The second kappa shape index (κ2) is 22.0. The molecular weight excluding hydrogens is 971 g/mol. The summed E-state index contributed by atoms with van der Waals surface area (Å²) in [7, 11) is 0. The third-order valence-corrected chi connectivity index (χ3v) is 14.9. The first-order chi connectivity index (χ1) is 35.5. The first-order valence-corrected chi connectivity index (χ1v) is 25.8. The minimum atomic E-state index is -1.03. The number of halogens is 2. The van der Waals surface area contributed by atoms with Gasteiger partial charge in [0.05, 0.1) is 34.4 Å². The molecule has 21 heteroatoms. The van der Waals surface area contributed by atoms with Crippen LogP contribution in [-0.4, -0.2) is 119 Å². The molecule has 74 heavy (non-hydrogen) atoms. The summed E-state index contributed by atoms with van der Waals surface area (Å²) in [6.45, 7) is 9.00. The van der Waals surface area contributed by atoms with Crippen molar-refractivity contribution >= 4 is 63.8 Å². The smallest absolute Gasteiger partial charge is 0.274 e. The van der Waals surface area contributed by atoms with Crippen LogP contribution in [-0.2, 0) is 25.7 Å². The lowest BCUT2D eigenvalue weighted by Crippen LogP contribution is -2.57. The van der Waals surface area contributed by atoms with E-state index in [-0.39, 0.29) is 55.6 Å². The van der Waals surface area contributed by atoms with E-state index in [9.17, 15) is 37.9 Å². The van der Waals surface area contributed by atoms with Crippen LogP contribution in [0.2, 0.25) is 0 Å². The molecule has 6 aromatic rings. The van der Waals surface area contributed by atoms with Crippen molar-refractivity contribution in [2.24, 2.45) is 5.41 Å². The lowest BCUT2D eigenvalue weighted by Gasteiger charge is -2.35. The fourth-order valence-electron chi connectivity index (χ4n) is 9.94. The highest BCUT2D eigenvalue weighted by molar-refractivity contribution is 7.13. The maximum absolute atomic E-state index is 14.8. The Bertz CT molecular complexity index is 3040. The number of aliphatic hydroxyl groups is 1. The lowest BCUT2D eigenvalue weighted by atomic mass is 9.85. The zero-order valence-corrected chi connectivity index (χ0v) is 42.5. The molecule has 3 fully saturated rings. The molecule has 0 saturated carbocycles. The number of hydrogen-bond acceptors (Lipinski definition) is 13. The number of benzene rings is 2. The number of pyridine rings is 1. The van der Waals surface area contributed by atoms with E-state index >= 15 is 0 Å². The highest BCUT2D eigenvalue weighted by Gasteiger charge is 2.44. The molecule has 9 rings (SSSR count). The molecule has 0 radical (unpaired) electrons. The van der Waals surface area contributed by atoms with E-state index in [4.69, 9.17) is 4.98 Å². The van der Waals surface area contributed by atoms with Gasteiger partial charge in [-0.2, -0.15) is 5.10 Å². The molecule has 0 spiro atoms. The van der Waals surface area contributed by atoms with Crippen LogP contribution in [0.1, 0.15) is 99.1 Å². The molecule has 7 heterocycles. The summed E-state index contributed by atoms with van der Waals surface area (Å²) in [4.78, 5) is 87.7. The molecule has 3 aliphatic rings. The third kappa shape index (κ3) is 11.7. The number of piperidine rings is 1. The van der Waals surface area contributed by atoms with Gasteiger partial charge in [-0.25, -0.2) is 28.2 Å². The van der Waals surface area contributed by atoms with Crippen LogP contribution in [0.15, 0.2) is 84.6 Å². The SMILES string of the molecule is Cc1ncsc1-c1ccc(CNC(=O)[C@@H]2C[C@@H](O)CN2C(=O)[C@@H](NC(=O)CCC(=O)N2CCC(Nc3cccc(C(=O)Nc4cnn5ccc(N6CCC[C@@H]6c6cc(F)ccc6F)nc45)n3)CC2)C(C)(C)C)cc1. The van der Waals surface area contributed by atoms with Crippen molar-refractivity contribution in [3.05, 3.63) is 119 Å². The average Bonchev–Trinajstić information content (AvgIpc) is 4.22. The Morgan fingerprint density at radius 2 is 1.72 bits per heavy atom.